The molecule has 1 N–H and O–H groups in total. The highest BCUT2D eigenvalue weighted by atomic mass is 19.1. The zero-order chi connectivity index (χ0) is 13.0. The highest BCUT2D eigenvalue weighted by molar-refractivity contribution is 5.31. The fraction of sp³-hybridized carbons (Fsp3) is 0.600. The van der Waals surface area contributed by atoms with Crippen LogP contribution < -0.4 is 10.1 Å². The van der Waals surface area contributed by atoms with E-state index in [1.165, 1.54) is 26.4 Å². The quantitative estimate of drug-likeness (QED) is 0.832. The van der Waals surface area contributed by atoms with Gasteiger partial charge in [0, 0.05) is 6.04 Å². The Labute approximate surface area is 109 Å². The molecule has 1 aromatic rings. The maximum atomic E-state index is 13.8. The molecule has 1 saturated carbocycles. The van der Waals surface area contributed by atoms with Gasteiger partial charge in [0.1, 0.15) is 0 Å². The molecule has 2 rings (SSSR count). The van der Waals surface area contributed by atoms with Crippen molar-refractivity contribution in [1.82, 2.24) is 5.32 Å². The van der Waals surface area contributed by atoms with Crippen molar-refractivity contribution < 1.29 is 9.13 Å². The SMILES string of the molecule is CCCNC(c1ccc(OC)c(F)c1)C1CCC1. The molecular weight excluding hydrogens is 229 g/mol. The maximum Gasteiger partial charge on any atom is 0.165 e. The Kier molecular flexibility index (Phi) is 4.59. The molecule has 0 spiro atoms. The third-order valence-electron chi connectivity index (χ3n) is 3.77. The van der Waals surface area contributed by atoms with E-state index in [1.54, 1.807) is 12.1 Å². The second-order valence-electron chi connectivity index (χ2n) is 5.02. The van der Waals surface area contributed by atoms with Crippen LogP contribution in [0, 0.1) is 11.7 Å². The van der Waals surface area contributed by atoms with Crippen molar-refractivity contribution in [1.29, 1.82) is 0 Å². The molecule has 1 aliphatic carbocycles. The third-order valence-corrected chi connectivity index (χ3v) is 3.77. The predicted molar refractivity (Wildman–Crippen MR) is 71.3 cm³/mol. The summed E-state index contributed by atoms with van der Waals surface area (Å²) < 4.78 is 18.7. The van der Waals surface area contributed by atoms with E-state index in [1.807, 2.05) is 6.07 Å². The number of rotatable bonds is 6. The average Bonchev–Trinajstić information content (AvgIpc) is 2.32. The highest BCUT2D eigenvalue weighted by Gasteiger charge is 2.28. The van der Waals surface area contributed by atoms with Crippen molar-refractivity contribution in [3.8, 4) is 5.75 Å². The zero-order valence-corrected chi connectivity index (χ0v) is 11.2. The molecule has 0 heterocycles. The summed E-state index contributed by atoms with van der Waals surface area (Å²) in [7, 11) is 1.50. The molecule has 0 bridgehead atoms. The van der Waals surface area contributed by atoms with E-state index in [0.717, 1.165) is 18.5 Å². The lowest BCUT2D eigenvalue weighted by atomic mass is 9.77. The Bertz CT molecular complexity index is 390. The van der Waals surface area contributed by atoms with E-state index in [-0.39, 0.29) is 5.82 Å². The van der Waals surface area contributed by atoms with Crippen LogP contribution >= 0.6 is 0 Å². The molecule has 18 heavy (non-hydrogen) atoms. The van der Waals surface area contributed by atoms with Crippen molar-refractivity contribution in [3.63, 3.8) is 0 Å². The van der Waals surface area contributed by atoms with Crippen LogP contribution in [0.4, 0.5) is 4.39 Å². The third kappa shape index (κ3) is 2.83. The van der Waals surface area contributed by atoms with Gasteiger partial charge in [-0.3, -0.25) is 0 Å². The summed E-state index contributed by atoms with van der Waals surface area (Å²) >= 11 is 0. The van der Waals surface area contributed by atoms with Crippen molar-refractivity contribution in [2.75, 3.05) is 13.7 Å². The molecular formula is C15H22FNO. The molecule has 0 aromatic heterocycles. The lowest BCUT2D eigenvalue weighted by molar-refractivity contribution is 0.230. The van der Waals surface area contributed by atoms with Crippen LogP contribution in [0.1, 0.15) is 44.2 Å². The largest absolute Gasteiger partial charge is 0.494 e. The first-order chi connectivity index (χ1) is 8.76. The van der Waals surface area contributed by atoms with E-state index >= 15 is 0 Å². The van der Waals surface area contributed by atoms with Gasteiger partial charge in [0.15, 0.2) is 11.6 Å². The molecule has 0 aliphatic heterocycles. The predicted octanol–water partition coefficient (Wildman–Crippen LogP) is 3.68. The van der Waals surface area contributed by atoms with Gasteiger partial charge in [-0.15, -0.1) is 0 Å². The summed E-state index contributed by atoms with van der Waals surface area (Å²) in [5, 5.41) is 3.54. The van der Waals surface area contributed by atoms with Crippen molar-refractivity contribution in [2.24, 2.45) is 5.92 Å². The smallest absolute Gasteiger partial charge is 0.165 e. The summed E-state index contributed by atoms with van der Waals surface area (Å²) in [6.07, 6.45) is 4.89. The number of hydrogen-bond acceptors (Lipinski definition) is 2. The topological polar surface area (TPSA) is 21.3 Å². The minimum atomic E-state index is -0.266. The number of hydrogen-bond donors (Lipinski definition) is 1. The minimum Gasteiger partial charge on any atom is -0.494 e. The maximum absolute atomic E-state index is 13.8. The van der Waals surface area contributed by atoms with Crippen molar-refractivity contribution in [2.45, 2.75) is 38.6 Å². The number of halogens is 1. The molecule has 0 radical (unpaired) electrons. The molecule has 3 heteroatoms. The van der Waals surface area contributed by atoms with Crippen LogP contribution in [0.2, 0.25) is 0 Å². The Morgan fingerprint density at radius 3 is 2.72 bits per heavy atom. The second-order valence-corrected chi connectivity index (χ2v) is 5.02. The van der Waals surface area contributed by atoms with Gasteiger partial charge in [-0.25, -0.2) is 4.39 Å². The zero-order valence-electron chi connectivity index (χ0n) is 11.2. The number of benzene rings is 1. The second kappa shape index (κ2) is 6.19. The molecule has 100 valence electrons. The van der Waals surface area contributed by atoms with Gasteiger partial charge in [0.2, 0.25) is 0 Å². The molecule has 2 nitrogen and oxygen atoms in total. The van der Waals surface area contributed by atoms with Gasteiger partial charge in [-0.05, 0) is 49.4 Å². The van der Waals surface area contributed by atoms with E-state index < -0.39 is 0 Å². The standard InChI is InChI=1S/C15H22FNO/c1-3-9-17-15(11-5-4-6-11)12-7-8-14(18-2)13(16)10-12/h7-8,10-11,15,17H,3-6,9H2,1-2H3. The first-order valence-corrected chi connectivity index (χ1v) is 6.83. The monoisotopic (exact) mass is 251 g/mol. The van der Waals surface area contributed by atoms with E-state index in [0.29, 0.717) is 17.7 Å². The van der Waals surface area contributed by atoms with Gasteiger partial charge in [0.25, 0.3) is 0 Å². The van der Waals surface area contributed by atoms with Gasteiger partial charge < -0.3 is 10.1 Å². The molecule has 0 amide bonds. The fourth-order valence-electron chi connectivity index (χ4n) is 2.51. The first kappa shape index (κ1) is 13.3. The minimum absolute atomic E-state index is 0.266. The summed E-state index contributed by atoms with van der Waals surface area (Å²) in [6.45, 7) is 3.13. The first-order valence-electron chi connectivity index (χ1n) is 6.83. The molecule has 1 atom stereocenters. The van der Waals surface area contributed by atoms with E-state index in [9.17, 15) is 4.39 Å². The van der Waals surface area contributed by atoms with Gasteiger partial charge in [-0.1, -0.05) is 19.4 Å². The lowest BCUT2D eigenvalue weighted by Crippen LogP contribution is -2.32. The lowest BCUT2D eigenvalue weighted by Gasteiger charge is -2.35. The summed E-state index contributed by atoms with van der Waals surface area (Å²) in [4.78, 5) is 0. The van der Waals surface area contributed by atoms with Crippen LogP contribution in [-0.2, 0) is 0 Å². The van der Waals surface area contributed by atoms with Gasteiger partial charge in [0.05, 0.1) is 7.11 Å². The molecule has 1 aliphatic rings. The highest BCUT2D eigenvalue weighted by Crippen LogP contribution is 2.38. The van der Waals surface area contributed by atoms with Crippen molar-refractivity contribution >= 4 is 0 Å². The van der Waals surface area contributed by atoms with Gasteiger partial charge in [-0.2, -0.15) is 0 Å². The molecule has 1 unspecified atom stereocenters. The van der Waals surface area contributed by atoms with E-state index in [2.05, 4.69) is 12.2 Å². The van der Waals surface area contributed by atoms with E-state index in [4.69, 9.17) is 4.74 Å². The van der Waals surface area contributed by atoms with Gasteiger partial charge >= 0.3 is 0 Å². The molecule has 1 fully saturated rings. The Balaban J connectivity index is 2.15. The van der Waals surface area contributed by atoms with Crippen LogP contribution in [-0.4, -0.2) is 13.7 Å². The molecule has 0 saturated heterocycles. The Hall–Kier alpha value is -1.09. The van der Waals surface area contributed by atoms with Crippen LogP contribution in [0.3, 0.4) is 0 Å². The number of nitrogens with one attached hydrogen (secondary N) is 1. The van der Waals surface area contributed by atoms with Crippen LogP contribution in [0.15, 0.2) is 18.2 Å². The number of ether oxygens (including phenoxy) is 1. The normalized spacial score (nSPS) is 17.3. The molecule has 1 aromatic carbocycles. The fourth-order valence-corrected chi connectivity index (χ4v) is 2.51. The summed E-state index contributed by atoms with van der Waals surface area (Å²) in [6, 6.07) is 5.61. The van der Waals surface area contributed by atoms with Crippen molar-refractivity contribution in [3.05, 3.63) is 29.6 Å². The Morgan fingerprint density at radius 1 is 1.44 bits per heavy atom. The number of methoxy groups -OCH3 is 1. The van der Waals surface area contributed by atoms with Crippen LogP contribution in [0.25, 0.3) is 0 Å². The summed E-state index contributed by atoms with van der Waals surface area (Å²) in [5.74, 6) is 0.712. The summed E-state index contributed by atoms with van der Waals surface area (Å²) in [5.41, 5.74) is 1.05. The average molecular weight is 251 g/mol. The van der Waals surface area contributed by atoms with Crippen LogP contribution in [0.5, 0.6) is 5.75 Å². The Morgan fingerprint density at radius 2 is 2.22 bits per heavy atom.